The van der Waals surface area contributed by atoms with Crippen LogP contribution in [0.25, 0.3) is 0 Å². The molecule has 0 aliphatic rings. The molecule has 0 fully saturated rings. The molecule has 0 saturated carbocycles. The number of nitrogens with one attached hydrogen (secondary N) is 1. The van der Waals surface area contributed by atoms with Gasteiger partial charge in [-0.3, -0.25) is 0 Å². The van der Waals surface area contributed by atoms with E-state index in [0.29, 0.717) is 24.8 Å². The second kappa shape index (κ2) is 7.48. The van der Waals surface area contributed by atoms with Crippen molar-refractivity contribution in [2.45, 2.75) is 46.8 Å². The van der Waals surface area contributed by atoms with E-state index in [9.17, 15) is 5.11 Å². The molecular formula is C13H26N4O. The van der Waals surface area contributed by atoms with E-state index in [-0.39, 0.29) is 0 Å². The zero-order chi connectivity index (χ0) is 13.5. The van der Waals surface area contributed by atoms with Gasteiger partial charge in [0.25, 0.3) is 0 Å². The van der Waals surface area contributed by atoms with Crippen LogP contribution in [0.5, 0.6) is 0 Å². The Kier molecular flexibility index (Phi) is 6.29. The Balaban J connectivity index is 2.39. The van der Waals surface area contributed by atoms with Crippen molar-refractivity contribution in [3.63, 3.8) is 0 Å². The maximum absolute atomic E-state index is 9.95. The fourth-order valence-electron chi connectivity index (χ4n) is 1.77. The molecule has 1 atom stereocenters. The van der Waals surface area contributed by atoms with Crippen molar-refractivity contribution in [3.05, 3.63) is 12.2 Å². The summed E-state index contributed by atoms with van der Waals surface area (Å²) in [4.78, 5) is 4.22. The van der Waals surface area contributed by atoms with Gasteiger partial charge in [-0.15, -0.1) is 0 Å². The summed E-state index contributed by atoms with van der Waals surface area (Å²) in [5.74, 6) is 1.99. The van der Waals surface area contributed by atoms with Crippen LogP contribution < -0.4 is 5.32 Å². The summed E-state index contributed by atoms with van der Waals surface area (Å²) in [6, 6.07) is 0. The Morgan fingerprint density at radius 1 is 1.22 bits per heavy atom. The molecule has 5 nitrogen and oxygen atoms in total. The van der Waals surface area contributed by atoms with Gasteiger partial charge in [0.05, 0.1) is 6.10 Å². The molecule has 0 spiro atoms. The van der Waals surface area contributed by atoms with Crippen LogP contribution in [0, 0.1) is 11.8 Å². The van der Waals surface area contributed by atoms with Gasteiger partial charge in [-0.05, 0) is 18.4 Å². The van der Waals surface area contributed by atoms with Crippen LogP contribution in [-0.4, -0.2) is 39.1 Å². The van der Waals surface area contributed by atoms with Crippen LogP contribution in [0.15, 0.2) is 6.33 Å². The first-order valence-corrected chi connectivity index (χ1v) is 6.74. The highest BCUT2D eigenvalue weighted by Gasteiger charge is 2.12. The highest BCUT2D eigenvalue weighted by Crippen LogP contribution is 2.04. The number of nitrogens with zero attached hydrogens (tertiary/aromatic N) is 3. The fourth-order valence-corrected chi connectivity index (χ4v) is 1.77. The minimum absolute atomic E-state index is 0.404. The standard InChI is InChI=1S/C13H26N4O/c1-10(2)6-14-7-12(18)5-13-15-9-16-17(13)8-11(3)4/h9-12,14,18H,5-8H2,1-4H3. The van der Waals surface area contributed by atoms with Gasteiger partial charge in [0.15, 0.2) is 0 Å². The summed E-state index contributed by atoms with van der Waals surface area (Å²) in [6.45, 7) is 11.0. The normalized spacial score (nSPS) is 13.5. The van der Waals surface area contributed by atoms with E-state index >= 15 is 0 Å². The van der Waals surface area contributed by atoms with E-state index in [0.717, 1.165) is 18.9 Å². The van der Waals surface area contributed by atoms with Crippen LogP contribution in [0.2, 0.25) is 0 Å². The molecule has 0 aliphatic carbocycles. The predicted molar refractivity (Wildman–Crippen MR) is 72.3 cm³/mol. The van der Waals surface area contributed by atoms with Gasteiger partial charge in [-0.1, -0.05) is 27.7 Å². The summed E-state index contributed by atoms with van der Waals surface area (Å²) in [5, 5.41) is 17.4. The second-order valence-corrected chi connectivity index (χ2v) is 5.66. The molecule has 0 aliphatic heterocycles. The van der Waals surface area contributed by atoms with E-state index < -0.39 is 6.10 Å². The molecule has 0 amide bonds. The highest BCUT2D eigenvalue weighted by molar-refractivity contribution is 4.88. The summed E-state index contributed by atoms with van der Waals surface area (Å²) in [7, 11) is 0. The molecular weight excluding hydrogens is 228 g/mol. The summed E-state index contributed by atoms with van der Waals surface area (Å²) in [6.07, 6.45) is 1.71. The molecule has 0 aromatic carbocycles. The summed E-state index contributed by atoms with van der Waals surface area (Å²) in [5.41, 5.74) is 0. The first-order valence-electron chi connectivity index (χ1n) is 6.74. The average Bonchev–Trinajstić information content (AvgIpc) is 2.64. The van der Waals surface area contributed by atoms with Gasteiger partial charge < -0.3 is 10.4 Å². The Morgan fingerprint density at radius 2 is 1.94 bits per heavy atom. The van der Waals surface area contributed by atoms with Crippen molar-refractivity contribution < 1.29 is 5.11 Å². The van der Waals surface area contributed by atoms with E-state index in [1.807, 2.05) is 4.68 Å². The largest absolute Gasteiger partial charge is 0.391 e. The van der Waals surface area contributed by atoms with Gasteiger partial charge in [0, 0.05) is 19.5 Å². The molecule has 0 saturated heterocycles. The topological polar surface area (TPSA) is 63.0 Å². The van der Waals surface area contributed by atoms with Crippen molar-refractivity contribution >= 4 is 0 Å². The van der Waals surface area contributed by atoms with Crippen LogP contribution in [-0.2, 0) is 13.0 Å². The Bertz CT molecular complexity index is 335. The maximum atomic E-state index is 9.95. The molecule has 0 radical (unpaired) electrons. The van der Waals surface area contributed by atoms with Crippen molar-refractivity contribution in [2.75, 3.05) is 13.1 Å². The predicted octanol–water partition coefficient (Wildman–Crippen LogP) is 1.08. The van der Waals surface area contributed by atoms with Crippen LogP contribution in [0.4, 0.5) is 0 Å². The van der Waals surface area contributed by atoms with Gasteiger partial charge >= 0.3 is 0 Å². The highest BCUT2D eigenvalue weighted by atomic mass is 16.3. The Morgan fingerprint density at radius 3 is 2.56 bits per heavy atom. The van der Waals surface area contributed by atoms with E-state index in [4.69, 9.17) is 0 Å². The number of rotatable bonds is 8. The van der Waals surface area contributed by atoms with Crippen LogP contribution in [0.1, 0.15) is 33.5 Å². The first-order chi connectivity index (χ1) is 8.49. The van der Waals surface area contributed by atoms with Crippen LogP contribution in [0.3, 0.4) is 0 Å². The molecule has 1 unspecified atom stereocenters. The van der Waals surface area contributed by atoms with Crippen molar-refractivity contribution in [1.29, 1.82) is 0 Å². The molecule has 1 rings (SSSR count). The zero-order valence-electron chi connectivity index (χ0n) is 11.9. The van der Waals surface area contributed by atoms with Gasteiger partial charge in [-0.25, -0.2) is 9.67 Å². The molecule has 2 N–H and O–H groups in total. The third-order valence-corrected chi connectivity index (χ3v) is 2.58. The smallest absolute Gasteiger partial charge is 0.138 e. The van der Waals surface area contributed by atoms with E-state index in [1.54, 1.807) is 6.33 Å². The van der Waals surface area contributed by atoms with Gasteiger partial charge in [0.1, 0.15) is 12.2 Å². The molecule has 1 aromatic rings. The summed E-state index contributed by atoms with van der Waals surface area (Å²) >= 11 is 0. The lowest BCUT2D eigenvalue weighted by atomic mass is 10.2. The van der Waals surface area contributed by atoms with Gasteiger partial charge in [-0.2, -0.15) is 5.10 Å². The van der Waals surface area contributed by atoms with E-state index in [2.05, 4.69) is 43.1 Å². The van der Waals surface area contributed by atoms with Crippen molar-refractivity contribution in [3.8, 4) is 0 Å². The summed E-state index contributed by atoms with van der Waals surface area (Å²) < 4.78 is 1.89. The van der Waals surface area contributed by atoms with Crippen molar-refractivity contribution in [2.24, 2.45) is 11.8 Å². The number of hydrogen-bond acceptors (Lipinski definition) is 4. The maximum Gasteiger partial charge on any atom is 0.138 e. The van der Waals surface area contributed by atoms with E-state index in [1.165, 1.54) is 0 Å². The molecule has 104 valence electrons. The Hall–Kier alpha value is -0.940. The molecule has 5 heteroatoms. The average molecular weight is 254 g/mol. The van der Waals surface area contributed by atoms with Crippen molar-refractivity contribution in [1.82, 2.24) is 20.1 Å². The number of aliphatic hydroxyl groups excluding tert-OH is 1. The molecule has 1 heterocycles. The lowest BCUT2D eigenvalue weighted by Gasteiger charge is -2.14. The number of aromatic nitrogens is 3. The molecule has 1 aromatic heterocycles. The third kappa shape index (κ3) is 5.60. The fraction of sp³-hybridized carbons (Fsp3) is 0.846. The monoisotopic (exact) mass is 254 g/mol. The second-order valence-electron chi connectivity index (χ2n) is 5.66. The molecule has 18 heavy (non-hydrogen) atoms. The third-order valence-electron chi connectivity index (χ3n) is 2.58. The Labute approximate surface area is 110 Å². The number of aliphatic hydroxyl groups is 1. The first kappa shape index (κ1) is 15.1. The minimum Gasteiger partial charge on any atom is -0.391 e. The lowest BCUT2D eigenvalue weighted by molar-refractivity contribution is 0.166. The quantitative estimate of drug-likeness (QED) is 0.729. The van der Waals surface area contributed by atoms with Gasteiger partial charge in [0.2, 0.25) is 0 Å². The number of hydrogen-bond donors (Lipinski definition) is 2. The lowest BCUT2D eigenvalue weighted by Crippen LogP contribution is -2.31. The minimum atomic E-state index is -0.404. The molecule has 0 bridgehead atoms. The van der Waals surface area contributed by atoms with Crippen LogP contribution >= 0.6 is 0 Å². The SMILES string of the molecule is CC(C)CNCC(O)Cc1ncnn1CC(C)C. The zero-order valence-corrected chi connectivity index (χ0v) is 11.9.